The highest BCUT2D eigenvalue weighted by molar-refractivity contribution is 5.74. The van der Waals surface area contributed by atoms with Crippen LogP contribution in [0.25, 0.3) is 11.0 Å². The van der Waals surface area contributed by atoms with Crippen LogP contribution in [0.2, 0.25) is 0 Å². The van der Waals surface area contributed by atoms with Crippen LogP contribution in [0, 0.1) is 13.1 Å². The molecule has 3 heterocycles. The number of rotatable bonds is 2. The molecule has 0 bridgehead atoms. The summed E-state index contributed by atoms with van der Waals surface area (Å²) >= 11 is 0. The standard InChI is InChI=1S/C14H15N4O3/c1-8-15-6-10-5-12(14(20)17-13(10)16-8)21-11-3-4-18(7-11)9(2)19/h5,11H,3-4,7H2,1-2H3,(H,15,16,17,20)/t11-/m0/s1. The molecule has 1 radical (unpaired) electrons. The van der Waals surface area contributed by atoms with E-state index in [-0.39, 0.29) is 23.3 Å². The first kappa shape index (κ1) is 13.5. The molecule has 21 heavy (non-hydrogen) atoms. The van der Waals surface area contributed by atoms with Gasteiger partial charge in [-0.3, -0.25) is 9.59 Å². The molecule has 2 aromatic heterocycles. The maximum atomic E-state index is 12.0. The smallest absolute Gasteiger partial charge is 0.291 e. The van der Waals surface area contributed by atoms with Crippen LogP contribution in [-0.2, 0) is 4.79 Å². The van der Waals surface area contributed by atoms with Crippen molar-refractivity contribution >= 4 is 16.9 Å². The number of aromatic nitrogens is 3. The molecule has 3 rings (SSSR count). The van der Waals surface area contributed by atoms with E-state index in [1.807, 2.05) is 0 Å². The summed E-state index contributed by atoms with van der Waals surface area (Å²) in [7, 11) is 0. The third-order valence-corrected chi connectivity index (χ3v) is 3.48. The van der Waals surface area contributed by atoms with Gasteiger partial charge in [0.05, 0.1) is 6.54 Å². The van der Waals surface area contributed by atoms with Crippen LogP contribution in [0.1, 0.15) is 19.2 Å². The molecule has 1 aliphatic heterocycles. The molecule has 0 aliphatic carbocycles. The summed E-state index contributed by atoms with van der Waals surface area (Å²) in [5.74, 6) is 0.770. The summed E-state index contributed by atoms with van der Waals surface area (Å²) in [4.78, 5) is 35.8. The summed E-state index contributed by atoms with van der Waals surface area (Å²) in [5.41, 5.74) is 0.104. The molecule has 7 nitrogen and oxygen atoms in total. The van der Waals surface area contributed by atoms with Gasteiger partial charge in [0.15, 0.2) is 5.75 Å². The lowest BCUT2D eigenvalue weighted by Crippen LogP contribution is -2.29. The van der Waals surface area contributed by atoms with Gasteiger partial charge >= 0.3 is 0 Å². The third kappa shape index (κ3) is 2.72. The quantitative estimate of drug-likeness (QED) is 0.865. The number of hydrogen-bond donors (Lipinski definition) is 1. The van der Waals surface area contributed by atoms with Crippen LogP contribution < -0.4 is 10.3 Å². The third-order valence-electron chi connectivity index (χ3n) is 3.48. The van der Waals surface area contributed by atoms with Gasteiger partial charge in [0, 0.05) is 25.3 Å². The Morgan fingerprint density at radius 1 is 1.57 bits per heavy atom. The van der Waals surface area contributed by atoms with Gasteiger partial charge in [0.1, 0.15) is 23.8 Å². The number of carbonyl (C=O) groups is 1. The Morgan fingerprint density at radius 3 is 3.10 bits per heavy atom. The van der Waals surface area contributed by atoms with Gasteiger partial charge < -0.3 is 14.6 Å². The van der Waals surface area contributed by atoms with Crippen molar-refractivity contribution in [2.24, 2.45) is 0 Å². The number of hydrogen-bond acceptors (Lipinski definition) is 5. The highest BCUT2D eigenvalue weighted by Gasteiger charge is 2.26. The zero-order chi connectivity index (χ0) is 15.0. The molecule has 1 saturated heterocycles. The van der Waals surface area contributed by atoms with Gasteiger partial charge in [-0.1, -0.05) is 0 Å². The molecule has 2 aromatic rings. The molecule has 109 valence electrons. The van der Waals surface area contributed by atoms with Gasteiger partial charge in [0.25, 0.3) is 5.56 Å². The number of nitrogens with one attached hydrogen (secondary N) is 1. The minimum absolute atomic E-state index is 0.0192. The Morgan fingerprint density at radius 2 is 2.38 bits per heavy atom. The number of ether oxygens (including phenoxy) is 1. The van der Waals surface area contributed by atoms with E-state index in [0.29, 0.717) is 36.4 Å². The van der Waals surface area contributed by atoms with Crippen LogP contribution in [0.5, 0.6) is 5.75 Å². The molecule has 0 saturated carbocycles. The second-order valence-corrected chi connectivity index (χ2v) is 5.10. The van der Waals surface area contributed by atoms with E-state index in [9.17, 15) is 9.59 Å². The number of carbonyl (C=O) groups excluding carboxylic acids is 1. The van der Waals surface area contributed by atoms with Crippen LogP contribution >= 0.6 is 0 Å². The molecule has 0 spiro atoms. The van der Waals surface area contributed by atoms with Crippen LogP contribution in [0.15, 0.2) is 10.9 Å². The number of aryl methyl sites for hydroxylation is 1. The Kier molecular flexibility index (Phi) is 3.32. The highest BCUT2D eigenvalue weighted by atomic mass is 16.5. The summed E-state index contributed by atoms with van der Waals surface area (Å²) in [6.45, 7) is 4.41. The van der Waals surface area contributed by atoms with E-state index in [0.717, 1.165) is 0 Å². The van der Waals surface area contributed by atoms with Crippen LogP contribution in [0.3, 0.4) is 0 Å². The number of likely N-dealkylation sites (tertiary alicyclic amines) is 1. The molecule has 1 atom stereocenters. The maximum absolute atomic E-state index is 12.0. The monoisotopic (exact) mass is 287 g/mol. The van der Waals surface area contributed by atoms with E-state index in [1.165, 1.54) is 6.92 Å². The lowest BCUT2D eigenvalue weighted by molar-refractivity contribution is -0.128. The van der Waals surface area contributed by atoms with Gasteiger partial charge in [-0.05, 0) is 13.0 Å². The fourth-order valence-electron chi connectivity index (χ4n) is 2.38. The first-order valence-corrected chi connectivity index (χ1v) is 6.74. The number of nitrogens with zero attached hydrogens (tertiary/aromatic N) is 3. The minimum Gasteiger partial charge on any atom is -0.483 e. The number of fused-ring (bicyclic) bond motifs is 1. The SMILES string of the molecule is CC(=O)N1CC[C@H](Oc2cc3[c]nc(C)nc3[nH]c2=O)C1. The average molecular weight is 287 g/mol. The van der Waals surface area contributed by atoms with Crippen molar-refractivity contribution in [1.29, 1.82) is 0 Å². The van der Waals surface area contributed by atoms with E-state index in [2.05, 4.69) is 21.1 Å². The molecule has 0 aromatic carbocycles. The molecular formula is C14H15N4O3. The molecule has 1 N–H and O–H groups in total. The summed E-state index contributed by atoms with van der Waals surface area (Å²) < 4.78 is 5.71. The predicted molar refractivity (Wildman–Crippen MR) is 75.0 cm³/mol. The second kappa shape index (κ2) is 5.16. The van der Waals surface area contributed by atoms with Crippen LogP contribution in [-0.4, -0.2) is 45.0 Å². The van der Waals surface area contributed by atoms with Crippen molar-refractivity contribution in [3.63, 3.8) is 0 Å². The van der Waals surface area contributed by atoms with Crippen molar-refractivity contribution in [3.05, 3.63) is 28.4 Å². The van der Waals surface area contributed by atoms with Gasteiger partial charge in [-0.2, -0.15) is 0 Å². The molecule has 0 unspecified atom stereocenters. The summed E-state index contributed by atoms with van der Waals surface area (Å²) in [6, 6.07) is 1.59. The largest absolute Gasteiger partial charge is 0.483 e. The Bertz CT molecular complexity index is 755. The van der Waals surface area contributed by atoms with Crippen molar-refractivity contribution in [2.75, 3.05) is 13.1 Å². The molecule has 7 heteroatoms. The number of H-pyrrole nitrogens is 1. The Hall–Kier alpha value is -2.44. The van der Waals surface area contributed by atoms with Crippen LogP contribution in [0.4, 0.5) is 0 Å². The number of aromatic amines is 1. The lowest BCUT2D eigenvalue weighted by Gasteiger charge is -2.15. The maximum Gasteiger partial charge on any atom is 0.291 e. The topological polar surface area (TPSA) is 88.2 Å². The second-order valence-electron chi connectivity index (χ2n) is 5.10. The van der Waals surface area contributed by atoms with Crippen molar-refractivity contribution in [1.82, 2.24) is 19.9 Å². The van der Waals surface area contributed by atoms with Crippen molar-refractivity contribution < 1.29 is 9.53 Å². The molecule has 1 amide bonds. The number of amides is 1. The predicted octanol–water partition coefficient (Wildman–Crippen LogP) is 0.426. The van der Waals surface area contributed by atoms with Gasteiger partial charge in [-0.15, -0.1) is 0 Å². The van der Waals surface area contributed by atoms with E-state index >= 15 is 0 Å². The molecule has 1 fully saturated rings. The fraction of sp³-hybridized carbons (Fsp3) is 0.429. The zero-order valence-corrected chi connectivity index (χ0v) is 11.8. The fourth-order valence-corrected chi connectivity index (χ4v) is 2.38. The van der Waals surface area contributed by atoms with Crippen molar-refractivity contribution in [3.8, 4) is 5.75 Å². The Labute approximate surface area is 121 Å². The first-order valence-electron chi connectivity index (χ1n) is 6.74. The normalized spacial score (nSPS) is 18.2. The lowest BCUT2D eigenvalue weighted by atomic mass is 10.3. The van der Waals surface area contributed by atoms with Crippen molar-refractivity contribution in [2.45, 2.75) is 26.4 Å². The summed E-state index contributed by atoms with van der Waals surface area (Å²) in [6.07, 6.45) is 3.36. The summed E-state index contributed by atoms with van der Waals surface area (Å²) in [5, 5.41) is 0.594. The Balaban J connectivity index is 1.84. The number of pyridine rings is 1. The molecule has 1 aliphatic rings. The molecular weight excluding hydrogens is 272 g/mol. The highest BCUT2D eigenvalue weighted by Crippen LogP contribution is 2.18. The van der Waals surface area contributed by atoms with E-state index in [4.69, 9.17) is 4.74 Å². The zero-order valence-electron chi connectivity index (χ0n) is 11.8. The van der Waals surface area contributed by atoms with Gasteiger partial charge in [-0.25, -0.2) is 9.97 Å². The minimum atomic E-state index is -0.338. The average Bonchev–Trinajstić information content (AvgIpc) is 2.89. The van der Waals surface area contributed by atoms with E-state index < -0.39 is 0 Å². The van der Waals surface area contributed by atoms with E-state index in [1.54, 1.807) is 17.9 Å². The first-order chi connectivity index (χ1) is 10.0. The van der Waals surface area contributed by atoms with Gasteiger partial charge in [0.2, 0.25) is 5.91 Å².